The van der Waals surface area contributed by atoms with Crippen LogP contribution in [0.25, 0.3) is 0 Å². The van der Waals surface area contributed by atoms with E-state index in [4.69, 9.17) is 23.7 Å². The van der Waals surface area contributed by atoms with Crippen LogP contribution in [0, 0.1) is 21.7 Å². The maximum Gasteiger partial charge on any atom is 2.00 e. The van der Waals surface area contributed by atoms with E-state index in [0.717, 1.165) is 0 Å². The SMILES string of the molecule is CC(C)(C)C(=O)/C=C(\[O-])C(C)(C)C.CC(C)(C)C(=O)/C=C(\[O-])C(C)(C)C.COCCOCCOCCOCCOC.[Ba+2]. The standard InChI is InChI=1S/2C11H20O2.C10H22O5.Ba/c2*1-10(2,3)8(12)7-9(13)11(4,5)6;1-11-3-5-13-7-9-15-10-8-14-6-4-12-2;/h2*7,12H,1-6H3;3-10H2,1-2H3;/q;;;+2/p-2/b2*8-7-;;. The molecule has 0 bridgehead atoms. The van der Waals surface area contributed by atoms with Crippen molar-refractivity contribution in [1.82, 2.24) is 0 Å². The van der Waals surface area contributed by atoms with E-state index in [2.05, 4.69) is 0 Å². The maximum atomic E-state index is 11.4. The van der Waals surface area contributed by atoms with Gasteiger partial charge in [-0.15, -0.1) is 11.5 Å². The van der Waals surface area contributed by atoms with Crippen molar-refractivity contribution in [2.45, 2.75) is 83.1 Å². The summed E-state index contributed by atoms with van der Waals surface area (Å²) in [7, 11) is 3.30. The first-order valence-corrected chi connectivity index (χ1v) is 14.1. The zero-order valence-corrected chi connectivity index (χ0v) is 33.6. The summed E-state index contributed by atoms with van der Waals surface area (Å²) in [6.07, 6.45) is 2.44. The van der Waals surface area contributed by atoms with Gasteiger partial charge in [0.25, 0.3) is 0 Å². The summed E-state index contributed by atoms with van der Waals surface area (Å²) in [6.45, 7) is 26.6. The Hall–Kier alpha value is -0.209. The normalized spacial score (nSPS) is 12.8. The van der Waals surface area contributed by atoms with Crippen molar-refractivity contribution >= 4 is 60.4 Å². The number of methoxy groups -OCH3 is 2. The van der Waals surface area contributed by atoms with Crippen LogP contribution in [0.5, 0.6) is 0 Å². The zero-order valence-electron chi connectivity index (χ0n) is 29.2. The van der Waals surface area contributed by atoms with Gasteiger partial charge in [0.1, 0.15) is 0 Å². The molecule has 0 saturated carbocycles. The number of hydrogen-bond donors (Lipinski definition) is 0. The molecule has 10 heteroatoms. The minimum Gasteiger partial charge on any atom is -0.875 e. The fourth-order valence-corrected chi connectivity index (χ4v) is 1.93. The first-order chi connectivity index (χ1) is 18.5. The van der Waals surface area contributed by atoms with E-state index in [-0.39, 0.29) is 72.0 Å². The van der Waals surface area contributed by atoms with Crippen molar-refractivity contribution in [1.29, 1.82) is 0 Å². The van der Waals surface area contributed by atoms with Crippen LogP contribution in [0.1, 0.15) is 83.1 Å². The van der Waals surface area contributed by atoms with Crippen LogP contribution in [-0.4, -0.2) is 128 Å². The average Bonchev–Trinajstić information content (AvgIpc) is 2.81. The molecule has 0 N–H and O–H groups in total. The molecule has 0 aromatic heterocycles. The smallest absolute Gasteiger partial charge is 0.875 e. The Morgan fingerprint density at radius 2 is 0.690 bits per heavy atom. The topological polar surface area (TPSA) is 126 Å². The molecule has 0 amide bonds. The Bertz CT molecular complexity index is 699. The van der Waals surface area contributed by atoms with E-state index in [1.165, 1.54) is 12.2 Å². The minimum atomic E-state index is -0.457. The molecule has 0 spiro atoms. The first-order valence-electron chi connectivity index (χ1n) is 14.1. The van der Waals surface area contributed by atoms with E-state index in [0.29, 0.717) is 52.9 Å². The average molecular weight is 726 g/mol. The summed E-state index contributed by atoms with van der Waals surface area (Å²) >= 11 is 0. The van der Waals surface area contributed by atoms with Gasteiger partial charge in [-0.3, -0.25) is 9.59 Å². The molecule has 42 heavy (non-hydrogen) atoms. The Labute approximate surface area is 297 Å². The van der Waals surface area contributed by atoms with E-state index in [1.54, 1.807) is 14.2 Å². The Balaban J connectivity index is -0.000000256. The van der Waals surface area contributed by atoms with E-state index in [1.807, 2.05) is 83.1 Å². The summed E-state index contributed by atoms with van der Waals surface area (Å²) in [5, 5.41) is 22.9. The van der Waals surface area contributed by atoms with Crippen LogP contribution in [0.15, 0.2) is 23.7 Å². The van der Waals surface area contributed by atoms with Gasteiger partial charge in [-0.2, -0.15) is 0 Å². The summed E-state index contributed by atoms with van der Waals surface area (Å²) < 4.78 is 25.3. The predicted octanol–water partition coefficient (Wildman–Crippen LogP) is 3.73. The van der Waals surface area contributed by atoms with Crippen LogP contribution >= 0.6 is 0 Å². The van der Waals surface area contributed by atoms with E-state index >= 15 is 0 Å². The number of rotatable bonds is 14. The number of hydrogen-bond acceptors (Lipinski definition) is 9. The molecule has 0 atom stereocenters. The van der Waals surface area contributed by atoms with Gasteiger partial charge in [-0.1, -0.05) is 83.1 Å². The first kappa shape index (κ1) is 48.7. The zero-order chi connectivity index (χ0) is 32.9. The second kappa shape index (κ2) is 25.0. The van der Waals surface area contributed by atoms with Gasteiger partial charge >= 0.3 is 48.9 Å². The molecule has 0 saturated heterocycles. The predicted molar refractivity (Wildman–Crippen MR) is 166 cm³/mol. The monoisotopic (exact) mass is 726 g/mol. The van der Waals surface area contributed by atoms with Crippen molar-refractivity contribution in [2.24, 2.45) is 21.7 Å². The number of ether oxygens (including phenoxy) is 5. The molecule has 0 radical (unpaired) electrons. The van der Waals surface area contributed by atoms with Crippen LogP contribution in [0.2, 0.25) is 0 Å². The van der Waals surface area contributed by atoms with Crippen molar-refractivity contribution in [3.63, 3.8) is 0 Å². The molecular weight excluding hydrogens is 666 g/mol. The molecule has 0 aromatic rings. The molecule has 244 valence electrons. The van der Waals surface area contributed by atoms with Gasteiger partial charge in [-0.25, -0.2) is 0 Å². The fourth-order valence-electron chi connectivity index (χ4n) is 1.93. The minimum absolute atomic E-state index is 0. The van der Waals surface area contributed by atoms with Crippen LogP contribution in [0.4, 0.5) is 0 Å². The fraction of sp³-hybridized carbons (Fsp3) is 0.812. The second-order valence-electron chi connectivity index (χ2n) is 13.6. The van der Waals surface area contributed by atoms with Crippen molar-refractivity contribution in [3.8, 4) is 0 Å². The molecule has 0 rings (SSSR count). The van der Waals surface area contributed by atoms with Crippen LogP contribution in [0.3, 0.4) is 0 Å². The molecule has 0 fully saturated rings. The number of ketones is 2. The number of carbonyl (C=O) groups is 2. The van der Waals surface area contributed by atoms with E-state index in [9.17, 15) is 19.8 Å². The summed E-state index contributed by atoms with van der Waals surface area (Å²) in [5.74, 6) is -0.417. The molecule has 0 aliphatic carbocycles. The summed E-state index contributed by atoms with van der Waals surface area (Å²) in [4.78, 5) is 22.9. The summed E-state index contributed by atoms with van der Waals surface area (Å²) in [5.41, 5.74) is -1.83. The van der Waals surface area contributed by atoms with Crippen LogP contribution in [-0.2, 0) is 33.3 Å². The van der Waals surface area contributed by atoms with Gasteiger partial charge in [0.05, 0.1) is 52.9 Å². The molecule has 9 nitrogen and oxygen atoms in total. The van der Waals surface area contributed by atoms with Gasteiger partial charge in [-0.05, 0) is 23.0 Å². The largest absolute Gasteiger partial charge is 2.00 e. The third-order valence-corrected chi connectivity index (χ3v) is 5.09. The van der Waals surface area contributed by atoms with Crippen molar-refractivity contribution in [3.05, 3.63) is 23.7 Å². The van der Waals surface area contributed by atoms with Crippen molar-refractivity contribution in [2.75, 3.05) is 67.1 Å². The van der Waals surface area contributed by atoms with E-state index < -0.39 is 21.7 Å². The Morgan fingerprint density at radius 3 is 0.857 bits per heavy atom. The molecule has 0 aliphatic rings. The third-order valence-electron chi connectivity index (χ3n) is 5.09. The van der Waals surface area contributed by atoms with Gasteiger partial charge in [0.15, 0.2) is 11.6 Å². The van der Waals surface area contributed by atoms with Gasteiger partial charge in [0, 0.05) is 25.0 Å². The second-order valence-corrected chi connectivity index (χ2v) is 13.6. The molecule has 0 aliphatic heterocycles. The Kier molecular flexibility index (Phi) is 29.0. The molecule has 0 aromatic carbocycles. The quantitative estimate of drug-likeness (QED) is 0.114. The maximum absolute atomic E-state index is 11.4. The van der Waals surface area contributed by atoms with Gasteiger partial charge < -0.3 is 33.9 Å². The van der Waals surface area contributed by atoms with Crippen molar-refractivity contribution < 1.29 is 43.5 Å². The molecule has 0 heterocycles. The molecule has 0 unspecified atom stereocenters. The summed E-state index contributed by atoms with van der Waals surface area (Å²) in [6, 6.07) is 0. The van der Waals surface area contributed by atoms with Crippen LogP contribution < -0.4 is 10.2 Å². The Morgan fingerprint density at radius 1 is 0.476 bits per heavy atom. The third kappa shape index (κ3) is 31.2. The van der Waals surface area contributed by atoms with Gasteiger partial charge in [0.2, 0.25) is 0 Å². The number of allylic oxidation sites excluding steroid dienone is 4. The molecular formula is C32H60BaO9. The number of carbonyl (C=O) groups excluding carboxylic acids is 2.